The minimum absolute atomic E-state index is 0.0412. The number of rotatable bonds is 5. The fourth-order valence-corrected chi connectivity index (χ4v) is 7.41. The van der Waals surface area contributed by atoms with Crippen molar-refractivity contribution in [3.8, 4) is 0 Å². The van der Waals surface area contributed by atoms with Gasteiger partial charge >= 0.3 is 0 Å². The van der Waals surface area contributed by atoms with Crippen molar-refractivity contribution in [2.24, 2.45) is 16.3 Å². The lowest BCUT2D eigenvalue weighted by Gasteiger charge is -2.37. The molecule has 4 aliphatic heterocycles. The van der Waals surface area contributed by atoms with Crippen molar-refractivity contribution in [2.45, 2.75) is 57.7 Å². The Morgan fingerprint density at radius 3 is 2.72 bits per heavy atom. The SMILES string of the molecule is CC1CN(C(=O)C(NC(=O)c2ccc(C3=CSC4=NCCN34)cc2)C2(C)CCCC2)[C@@H]2C(=O)CO[C@@H]12. The van der Waals surface area contributed by atoms with Gasteiger partial charge in [0.15, 0.2) is 11.0 Å². The average Bonchev–Trinajstić information content (AvgIpc) is 3.68. The lowest BCUT2D eigenvalue weighted by atomic mass is 9.79. The van der Waals surface area contributed by atoms with Crippen LogP contribution in [0.2, 0.25) is 0 Å². The number of Topliss-reactive ketones (excluding diaryl/α,β-unsaturated/α-hetero) is 1. The topological polar surface area (TPSA) is 91.3 Å². The number of nitrogens with zero attached hydrogens (tertiary/aromatic N) is 3. The average molecular weight is 509 g/mol. The molecule has 0 spiro atoms. The zero-order valence-corrected chi connectivity index (χ0v) is 21.6. The number of ether oxygens (including phenoxy) is 1. The molecule has 190 valence electrons. The van der Waals surface area contributed by atoms with E-state index in [1.165, 1.54) is 0 Å². The maximum absolute atomic E-state index is 13.9. The Bertz CT molecular complexity index is 1160. The van der Waals surface area contributed by atoms with Crippen LogP contribution in [0.3, 0.4) is 0 Å². The van der Waals surface area contributed by atoms with Crippen LogP contribution < -0.4 is 5.32 Å². The molecule has 4 atom stereocenters. The molecule has 2 unspecified atom stereocenters. The first-order chi connectivity index (χ1) is 17.4. The van der Waals surface area contributed by atoms with Crippen LogP contribution in [-0.2, 0) is 14.3 Å². The van der Waals surface area contributed by atoms with E-state index in [9.17, 15) is 14.4 Å². The molecule has 0 radical (unpaired) electrons. The third kappa shape index (κ3) is 3.87. The Kier molecular flexibility index (Phi) is 5.95. The van der Waals surface area contributed by atoms with Crippen molar-refractivity contribution >= 4 is 40.2 Å². The van der Waals surface area contributed by atoms with Gasteiger partial charge in [-0.25, -0.2) is 0 Å². The monoisotopic (exact) mass is 508 g/mol. The molecule has 9 heteroatoms. The predicted octanol–water partition coefficient (Wildman–Crippen LogP) is 2.90. The number of amidine groups is 1. The smallest absolute Gasteiger partial charge is 0.251 e. The minimum Gasteiger partial charge on any atom is -0.367 e. The van der Waals surface area contributed by atoms with E-state index in [0.29, 0.717) is 12.1 Å². The van der Waals surface area contributed by atoms with E-state index < -0.39 is 12.1 Å². The number of carbonyl (C=O) groups is 3. The molecule has 6 rings (SSSR count). The van der Waals surface area contributed by atoms with Crippen molar-refractivity contribution in [3.05, 3.63) is 40.8 Å². The number of amides is 2. The minimum atomic E-state index is -0.677. The van der Waals surface area contributed by atoms with Crippen LogP contribution in [0.15, 0.2) is 34.7 Å². The molecular formula is C27H32N4O4S. The van der Waals surface area contributed by atoms with Gasteiger partial charge < -0.3 is 19.9 Å². The third-order valence-electron chi connectivity index (χ3n) is 8.50. The Hall–Kier alpha value is -2.65. The molecule has 1 saturated carbocycles. The molecule has 0 aromatic heterocycles. The number of aliphatic imine (C=N–C) groups is 1. The number of likely N-dealkylation sites (tertiary alicyclic amines) is 1. The highest BCUT2D eigenvalue weighted by Gasteiger charge is 2.54. The highest BCUT2D eigenvalue weighted by Crippen LogP contribution is 2.43. The number of carbonyl (C=O) groups excluding carboxylic acids is 3. The Morgan fingerprint density at radius 1 is 1.22 bits per heavy atom. The van der Waals surface area contributed by atoms with E-state index in [4.69, 9.17) is 4.74 Å². The fourth-order valence-electron chi connectivity index (χ4n) is 6.44. The second-order valence-electron chi connectivity index (χ2n) is 10.9. The van der Waals surface area contributed by atoms with Gasteiger partial charge in [-0.3, -0.25) is 19.4 Å². The number of fused-ring (bicyclic) bond motifs is 2. The Morgan fingerprint density at radius 2 is 1.97 bits per heavy atom. The van der Waals surface area contributed by atoms with Gasteiger partial charge in [0.05, 0.1) is 18.3 Å². The first-order valence-corrected chi connectivity index (χ1v) is 13.8. The van der Waals surface area contributed by atoms with Crippen LogP contribution in [0.5, 0.6) is 0 Å². The molecule has 36 heavy (non-hydrogen) atoms. The lowest BCUT2D eigenvalue weighted by Crippen LogP contribution is -2.57. The second kappa shape index (κ2) is 9.03. The van der Waals surface area contributed by atoms with E-state index in [0.717, 1.165) is 55.2 Å². The van der Waals surface area contributed by atoms with Gasteiger partial charge in [-0.05, 0) is 36.0 Å². The van der Waals surface area contributed by atoms with Crippen molar-refractivity contribution in [2.75, 3.05) is 26.2 Å². The van der Waals surface area contributed by atoms with Crippen molar-refractivity contribution in [1.29, 1.82) is 0 Å². The van der Waals surface area contributed by atoms with E-state index in [1.807, 2.05) is 31.2 Å². The third-order valence-corrected chi connectivity index (χ3v) is 9.40. The van der Waals surface area contributed by atoms with Gasteiger partial charge in [0.25, 0.3) is 5.91 Å². The van der Waals surface area contributed by atoms with Gasteiger partial charge in [-0.1, -0.05) is 50.6 Å². The molecular weight excluding hydrogens is 476 g/mol. The second-order valence-corrected chi connectivity index (χ2v) is 11.8. The summed E-state index contributed by atoms with van der Waals surface area (Å²) in [4.78, 5) is 48.3. The summed E-state index contributed by atoms with van der Waals surface area (Å²) in [6.07, 6.45) is 3.56. The van der Waals surface area contributed by atoms with E-state index in [-0.39, 0.29) is 41.6 Å². The highest BCUT2D eigenvalue weighted by molar-refractivity contribution is 8.16. The molecule has 1 N–H and O–H groups in total. The molecule has 3 fully saturated rings. The maximum Gasteiger partial charge on any atom is 0.251 e. The number of hydrogen-bond acceptors (Lipinski definition) is 7. The van der Waals surface area contributed by atoms with Gasteiger partial charge in [-0.15, -0.1) is 0 Å². The molecule has 8 nitrogen and oxygen atoms in total. The summed E-state index contributed by atoms with van der Waals surface area (Å²) in [5, 5.41) is 6.23. The van der Waals surface area contributed by atoms with Crippen LogP contribution in [0.1, 0.15) is 55.5 Å². The first kappa shape index (κ1) is 23.7. The molecule has 1 aliphatic carbocycles. The summed E-state index contributed by atoms with van der Waals surface area (Å²) < 4.78 is 5.69. The number of nitrogens with one attached hydrogen (secondary N) is 1. The van der Waals surface area contributed by atoms with Gasteiger partial charge in [-0.2, -0.15) is 0 Å². The predicted molar refractivity (Wildman–Crippen MR) is 138 cm³/mol. The highest BCUT2D eigenvalue weighted by atomic mass is 32.2. The maximum atomic E-state index is 13.9. The number of benzene rings is 1. The summed E-state index contributed by atoms with van der Waals surface area (Å²) >= 11 is 1.63. The van der Waals surface area contributed by atoms with Crippen LogP contribution in [-0.4, -0.2) is 77.0 Å². The first-order valence-electron chi connectivity index (χ1n) is 12.9. The van der Waals surface area contributed by atoms with Crippen LogP contribution in [0.4, 0.5) is 0 Å². The summed E-state index contributed by atoms with van der Waals surface area (Å²) in [7, 11) is 0. The van der Waals surface area contributed by atoms with Crippen molar-refractivity contribution in [3.63, 3.8) is 0 Å². The van der Waals surface area contributed by atoms with E-state index in [1.54, 1.807) is 16.7 Å². The fraction of sp³-hybridized carbons (Fsp3) is 0.556. The van der Waals surface area contributed by atoms with Crippen LogP contribution >= 0.6 is 11.8 Å². The Balaban J connectivity index is 1.22. The number of hydrogen-bond donors (Lipinski definition) is 1. The number of thioether (sulfide) groups is 1. The summed E-state index contributed by atoms with van der Waals surface area (Å²) in [5.74, 6) is -0.365. The van der Waals surface area contributed by atoms with E-state index >= 15 is 0 Å². The Labute approximate surface area is 215 Å². The van der Waals surface area contributed by atoms with E-state index in [2.05, 4.69) is 27.5 Å². The molecule has 1 aromatic carbocycles. The van der Waals surface area contributed by atoms with Crippen molar-refractivity contribution in [1.82, 2.24) is 15.1 Å². The zero-order chi connectivity index (χ0) is 25.0. The van der Waals surface area contributed by atoms with Gasteiger partial charge in [0.2, 0.25) is 5.91 Å². The molecule has 1 aromatic rings. The number of ketones is 1. The summed E-state index contributed by atoms with van der Waals surface area (Å²) in [5.41, 5.74) is 2.33. The van der Waals surface area contributed by atoms with Crippen LogP contribution in [0.25, 0.3) is 5.70 Å². The summed E-state index contributed by atoms with van der Waals surface area (Å²) in [6, 6.07) is 6.34. The molecule has 0 bridgehead atoms. The zero-order valence-electron chi connectivity index (χ0n) is 20.7. The van der Waals surface area contributed by atoms with Crippen molar-refractivity contribution < 1.29 is 19.1 Å². The molecule has 5 aliphatic rings. The van der Waals surface area contributed by atoms with Gasteiger partial charge in [0, 0.05) is 30.0 Å². The van der Waals surface area contributed by atoms with Gasteiger partial charge in [0.1, 0.15) is 18.7 Å². The molecule has 2 amide bonds. The standard InChI is InChI=1S/C27H32N4O4S/c1-16-13-31(21-20(32)14-35-22(16)21)25(34)23(27(2)9-3-4-10-27)29-24(33)18-7-5-17(6-8-18)19-15-36-26-28-11-12-30(19)26/h5-8,15-16,21-23H,3-4,9-14H2,1-2H3,(H,29,33)/t16?,21-,22+,23?/m1/s1. The normalized spacial score (nSPS) is 29.2. The summed E-state index contributed by atoms with van der Waals surface area (Å²) in [6.45, 7) is 6.34. The quantitative estimate of drug-likeness (QED) is 0.658. The largest absolute Gasteiger partial charge is 0.367 e. The lowest BCUT2D eigenvalue weighted by molar-refractivity contribution is -0.140. The molecule has 2 saturated heterocycles. The van der Waals surface area contributed by atoms with Crippen LogP contribution in [0, 0.1) is 11.3 Å². The molecule has 4 heterocycles.